The second kappa shape index (κ2) is 10.8. The van der Waals surface area contributed by atoms with Crippen LogP contribution in [0.5, 0.6) is 0 Å². The third-order valence-electron chi connectivity index (χ3n) is 4.35. The van der Waals surface area contributed by atoms with Crippen LogP contribution >= 0.6 is 11.3 Å². The number of morpholine rings is 1. The smallest absolute Gasteiger partial charge is 0.191 e. The standard InChI is InChI=1S/C19H35N5OS/c1-6-20-19(21-8-7-18-23-15(4)16(5)26-18)22-11-17-13-24(9-10-25-17)12-14(2)3/h14,17H,6-13H2,1-5H3,(H2,20,21,22). The van der Waals surface area contributed by atoms with E-state index in [0.29, 0.717) is 12.5 Å². The molecule has 6 nitrogen and oxygen atoms in total. The number of nitrogens with zero attached hydrogens (tertiary/aromatic N) is 3. The zero-order chi connectivity index (χ0) is 18.9. The van der Waals surface area contributed by atoms with Crippen LogP contribution in [-0.4, -0.2) is 67.8 Å². The fourth-order valence-electron chi connectivity index (χ4n) is 3.04. The predicted octanol–water partition coefficient (Wildman–Crippen LogP) is 2.21. The van der Waals surface area contributed by atoms with Gasteiger partial charge in [0.05, 0.1) is 30.0 Å². The second-order valence-corrected chi connectivity index (χ2v) is 8.58. The van der Waals surface area contributed by atoms with Crippen molar-refractivity contribution in [2.75, 3.05) is 45.9 Å². The molecule has 1 aromatic rings. The first-order chi connectivity index (χ1) is 12.5. The van der Waals surface area contributed by atoms with Crippen LogP contribution in [0.4, 0.5) is 0 Å². The fraction of sp³-hybridized carbons (Fsp3) is 0.789. The molecule has 0 aromatic carbocycles. The summed E-state index contributed by atoms with van der Waals surface area (Å²) in [5.41, 5.74) is 1.14. The first-order valence-electron chi connectivity index (χ1n) is 9.77. The van der Waals surface area contributed by atoms with E-state index in [-0.39, 0.29) is 6.10 Å². The van der Waals surface area contributed by atoms with E-state index in [9.17, 15) is 0 Å². The number of aryl methyl sites for hydroxylation is 2. The number of nitrogens with one attached hydrogen (secondary N) is 2. The van der Waals surface area contributed by atoms with E-state index in [1.54, 1.807) is 11.3 Å². The summed E-state index contributed by atoms with van der Waals surface area (Å²) in [6.07, 6.45) is 1.11. The monoisotopic (exact) mass is 381 g/mol. The Bertz CT molecular complexity index is 553. The van der Waals surface area contributed by atoms with Crippen molar-refractivity contribution in [3.8, 4) is 0 Å². The van der Waals surface area contributed by atoms with Gasteiger partial charge in [-0.3, -0.25) is 9.89 Å². The summed E-state index contributed by atoms with van der Waals surface area (Å²) >= 11 is 1.78. The van der Waals surface area contributed by atoms with Crippen LogP contribution in [0.15, 0.2) is 4.99 Å². The Morgan fingerprint density at radius 2 is 2.19 bits per heavy atom. The molecule has 1 unspecified atom stereocenters. The summed E-state index contributed by atoms with van der Waals surface area (Å²) in [5.74, 6) is 1.55. The van der Waals surface area contributed by atoms with Crippen LogP contribution in [0.25, 0.3) is 0 Å². The van der Waals surface area contributed by atoms with Crippen molar-refractivity contribution in [1.29, 1.82) is 0 Å². The lowest BCUT2D eigenvalue weighted by atomic mass is 10.2. The average molecular weight is 382 g/mol. The molecule has 1 aromatic heterocycles. The molecule has 0 aliphatic carbocycles. The summed E-state index contributed by atoms with van der Waals surface area (Å²) in [7, 11) is 0. The summed E-state index contributed by atoms with van der Waals surface area (Å²) in [5, 5.41) is 7.92. The van der Waals surface area contributed by atoms with E-state index >= 15 is 0 Å². The Morgan fingerprint density at radius 1 is 1.38 bits per heavy atom. The van der Waals surface area contributed by atoms with Gasteiger partial charge in [-0.25, -0.2) is 4.98 Å². The van der Waals surface area contributed by atoms with Gasteiger partial charge in [0.1, 0.15) is 0 Å². The Balaban J connectivity index is 1.79. The van der Waals surface area contributed by atoms with Crippen molar-refractivity contribution in [1.82, 2.24) is 20.5 Å². The molecule has 1 fully saturated rings. The van der Waals surface area contributed by atoms with E-state index in [1.165, 1.54) is 9.88 Å². The van der Waals surface area contributed by atoms with Gasteiger partial charge in [-0.1, -0.05) is 13.8 Å². The first-order valence-corrected chi connectivity index (χ1v) is 10.6. The van der Waals surface area contributed by atoms with Gasteiger partial charge in [-0.05, 0) is 26.7 Å². The molecular formula is C19H35N5OS. The molecule has 1 aliphatic rings. The maximum absolute atomic E-state index is 5.90. The molecule has 0 spiro atoms. The third kappa shape index (κ3) is 7.21. The summed E-state index contributed by atoms with van der Waals surface area (Å²) in [6.45, 7) is 17.1. The minimum Gasteiger partial charge on any atom is -0.374 e. The summed E-state index contributed by atoms with van der Waals surface area (Å²) < 4.78 is 5.90. The molecule has 26 heavy (non-hydrogen) atoms. The minimum atomic E-state index is 0.183. The number of aromatic nitrogens is 1. The highest BCUT2D eigenvalue weighted by atomic mass is 32.1. The largest absolute Gasteiger partial charge is 0.374 e. The van der Waals surface area contributed by atoms with E-state index in [2.05, 4.69) is 55.1 Å². The number of aliphatic imine (C=N–C) groups is 1. The van der Waals surface area contributed by atoms with Crippen molar-refractivity contribution in [3.05, 3.63) is 15.6 Å². The SMILES string of the molecule is CCNC(=NCC1CN(CC(C)C)CCO1)NCCc1nc(C)c(C)s1. The third-order valence-corrected chi connectivity index (χ3v) is 5.48. The predicted molar refractivity (Wildman–Crippen MR) is 110 cm³/mol. The molecule has 0 amide bonds. The topological polar surface area (TPSA) is 61.8 Å². The van der Waals surface area contributed by atoms with Gasteiger partial charge < -0.3 is 15.4 Å². The van der Waals surface area contributed by atoms with Crippen molar-refractivity contribution >= 4 is 17.3 Å². The van der Waals surface area contributed by atoms with Gasteiger partial charge in [-0.15, -0.1) is 11.3 Å². The Hall–Kier alpha value is -1.18. The van der Waals surface area contributed by atoms with E-state index in [0.717, 1.165) is 57.4 Å². The lowest BCUT2D eigenvalue weighted by Crippen LogP contribution is -2.46. The summed E-state index contributed by atoms with van der Waals surface area (Å²) in [4.78, 5) is 13.1. The number of guanidine groups is 1. The van der Waals surface area contributed by atoms with Gasteiger partial charge in [-0.2, -0.15) is 0 Å². The van der Waals surface area contributed by atoms with Crippen molar-refractivity contribution in [2.24, 2.45) is 10.9 Å². The molecule has 1 aliphatic heterocycles. The van der Waals surface area contributed by atoms with Crippen molar-refractivity contribution < 1.29 is 4.74 Å². The van der Waals surface area contributed by atoms with Crippen LogP contribution in [0.1, 0.15) is 36.3 Å². The van der Waals surface area contributed by atoms with E-state index in [4.69, 9.17) is 9.73 Å². The Morgan fingerprint density at radius 3 is 2.85 bits per heavy atom. The van der Waals surface area contributed by atoms with Crippen LogP contribution in [0.2, 0.25) is 0 Å². The minimum absolute atomic E-state index is 0.183. The Kier molecular flexibility index (Phi) is 8.81. The maximum atomic E-state index is 5.90. The molecule has 2 rings (SSSR count). The fourth-order valence-corrected chi connectivity index (χ4v) is 3.98. The number of hydrogen-bond donors (Lipinski definition) is 2. The second-order valence-electron chi connectivity index (χ2n) is 7.29. The van der Waals surface area contributed by atoms with E-state index in [1.807, 2.05) is 0 Å². The maximum Gasteiger partial charge on any atom is 0.191 e. The highest BCUT2D eigenvalue weighted by molar-refractivity contribution is 7.11. The molecule has 2 heterocycles. The van der Waals surface area contributed by atoms with Crippen LogP contribution in [0.3, 0.4) is 0 Å². The molecule has 7 heteroatoms. The lowest BCUT2D eigenvalue weighted by Gasteiger charge is -2.33. The quantitative estimate of drug-likeness (QED) is 0.534. The van der Waals surface area contributed by atoms with Gasteiger partial charge in [0, 0.05) is 44.0 Å². The van der Waals surface area contributed by atoms with Crippen LogP contribution in [-0.2, 0) is 11.2 Å². The first kappa shape index (κ1) is 21.1. The molecule has 2 N–H and O–H groups in total. The van der Waals surface area contributed by atoms with Gasteiger partial charge in [0.15, 0.2) is 5.96 Å². The Labute approximate surface area is 162 Å². The average Bonchev–Trinajstić information content (AvgIpc) is 2.90. The zero-order valence-electron chi connectivity index (χ0n) is 17.0. The molecule has 0 radical (unpaired) electrons. The number of rotatable bonds is 8. The summed E-state index contributed by atoms with van der Waals surface area (Å²) in [6, 6.07) is 0. The number of hydrogen-bond acceptors (Lipinski definition) is 5. The number of ether oxygens (including phenoxy) is 1. The van der Waals surface area contributed by atoms with Crippen LogP contribution < -0.4 is 10.6 Å². The van der Waals surface area contributed by atoms with Crippen molar-refractivity contribution in [3.63, 3.8) is 0 Å². The highest BCUT2D eigenvalue weighted by Crippen LogP contribution is 2.16. The van der Waals surface area contributed by atoms with Crippen molar-refractivity contribution in [2.45, 2.75) is 47.1 Å². The highest BCUT2D eigenvalue weighted by Gasteiger charge is 2.20. The van der Waals surface area contributed by atoms with Crippen LogP contribution in [0, 0.1) is 19.8 Å². The molecule has 0 bridgehead atoms. The molecule has 1 atom stereocenters. The molecule has 0 saturated carbocycles. The lowest BCUT2D eigenvalue weighted by molar-refractivity contribution is -0.0261. The van der Waals surface area contributed by atoms with Gasteiger partial charge in [0.2, 0.25) is 0 Å². The normalized spacial score (nSPS) is 19.2. The van der Waals surface area contributed by atoms with E-state index < -0.39 is 0 Å². The molecule has 1 saturated heterocycles. The molecule has 148 valence electrons. The van der Waals surface area contributed by atoms with Gasteiger partial charge >= 0.3 is 0 Å². The van der Waals surface area contributed by atoms with Gasteiger partial charge in [0.25, 0.3) is 0 Å². The zero-order valence-corrected chi connectivity index (χ0v) is 17.8. The number of thiazole rings is 1. The molecular weight excluding hydrogens is 346 g/mol.